The third-order valence-corrected chi connectivity index (χ3v) is 4.69. The summed E-state index contributed by atoms with van der Waals surface area (Å²) >= 11 is 0. The lowest BCUT2D eigenvalue weighted by Crippen LogP contribution is -2.45. The number of hydrogen-bond acceptors (Lipinski definition) is 3. The van der Waals surface area contributed by atoms with Crippen molar-refractivity contribution >= 4 is 11.9 Å². The summed E-state index contributed by atoms with van der Waals surface area (Å²) in [6.45, 7) is 13.2. The van der Waals surface area contributed by atoms with Gasteiger partial charge in [-0.25, -0.2) is 0 Å². The van der Waals surface area contributed by atoms with E-state index in [9.17, 15) is 4.79 Å². The molecule has 6 heteroatoms. The van der Waals surface area contributed by atoms with Crippen LogP contribution in [0.5, 0.6) is 0 Å². The molecule has 0 atom stereocenters. The lowest BCUT2D eigenvalue weighted by atomic mass is 10.0. The predicted octanol–water partition coefficient (Wildman–Crippen LogP) is 1.96. The zero-order valence-corrected chi connectivity index (χ0v) is 16.2. The summed E-state index contributed by atoms with van der Waals surface area (Å²) < 4.78 is 5.49. The Labute approximate surface area is 147 Å². The van der Waals surface area contributed by atoms with Crippen molar-refractivity contribution in [2.75, 3.05) is 53.0 Å². The average molecular weight is 341 g/mol. The molecule has 0 spiro atoms. The number of nitrogens with one attached hydrogen (secondary N) is 1. The van der Waals surface area contributed by atoms with Crippen molar-refractivity contribution in [2.24, 2.45) is 10.4 Å². The Morgan fingerprint density at radius 2 is 1.88 bits per heavy atom. The second kappa shape index (κ2) is 10.5. The van der Waals surface area contributed by atoms with Gasteiger partial charge in [-0.3, -0.25) is 9.79 Å². The van der Waals surface area contributed by atoms with Crippen LogP contribution in [0, 0.1) is 5.41 Å². The summed E-state index contributed by atoms with van der Waals surface area (Å²) in [6.07, 6.45) is 3.53. The molecular weight excluding hydrogens is 304 g/mol. The molecule has 1 saturated carbocycles. The van der Waals surface area contributed by atoms with Crippen LogP contribution in [-0.2, 0) is 9.53 Å². The third-order valence-electron chi connectivity index (χ3n) is 4.69. The first-order valence-electron chi connectivity index (χ1n) is 9.36. The number of ether oxygens (including phenoxy) is 1. The lowest BCUT2D eigenvalue weighted by molar-refractivity contribution is -0.131. The van der Waals surface area contributed by atoms with Gasteiger partial charge in [0.15, 0.2) is 5.96 Å². The molecule has 0 radical (unpaired) electrons. The van der Waals surface area contributed by atoms with E-state index in [-0.39, 0.29) is 5.91 Å². The number of carbonyl (C=O) groups excluding carboxylic acids is 1. The number of nitrogens with zero attached hydrogens (tertiary/aromatic N) is 3. The highest BCUT2D eigenvalue weighted by Gasteiger charge is 2.42. The molecule has 1 aliphatic carbocycles. The Kier molecular flexibility index (Phi) is 9.11. The standard InChI is InChI=1S/C18H36N4O2/c1-6-19-17(21(5)14-16(23)22(7-2)8-3)20-15-18(10-11-18)12-13-24-9-4/h6-15H2,1-5H3,(H,19,20). The molecule has 140 valence electrons. The molecule has 0 aromatic heterocycles. The zero-order valence-electron chi connectivity index (χ0n) is 16.2. The van der Waals surface area contributed by atoms with E-state index in [0.29, 0.717) is 12.0 Å². The van der Waals surface area contributed by atoms with Gasteiger partial charge in [0, 0.05) is 46.4 Å². The minimum absolute atomic E-state index is 0.144. The van der Waals surface area contributed by atoms with Gasteiger partial charge in [0.05, 0.1) is 6.54 Å². The number of aliphatic imine (C=N–C) groups is 1. The van der Waals surface area contributed by atoms with Gasteiger partial charge in [-0.1, -0.05) is 0 Å². The van der Waals surface area contributed by atoms with Crippen LogP contribution in [0.3, 0.4) is 0 Å². The largest absolute Gasteiger partial charge is 0.382 e. The minimum Gasteiger partial charge on any atom is -0.382 e. The summed E-state index contributed by atoms with van der Waals surface area (Å²) in [4.78, 5) is 20.9. The first kappa shape index (κ1) is 20.7. The van der Waals surface area contributed by atoms with Gasteiger partial charge in [0.1, 0.15) is 0 Å². The van der Waals surface area contributed by atoms with Gasteiger partial charge in [-0.05, 0) is 52.4 Å². The topological polar surface area (TPSA) is 57.2 Å². The van der Waals surface area contributed by atoms with Gasteiger partial charge in [0.2, 0.25) is 5.91 Å². The van der Waals surface area contributed by atoms with E-state index in [1.54, 1.807) is 0 Å². The molecule has 6 nitrogen and oxygen atoms in total. The van der Waals surface area contributed by atoms with Gasteiger partial charge >= 0.3 is 0 Å². The second-order valence-corrected chi connectivity index (χ2v) is 6.54. The summed E-state index contributed by atoms with van der Waals surface area (Å²) in [7, 11) is 1.93. The van der Waals surface area contributed by atoms with Gasteiger partial charge in [-0.2, -0.15) is 0 Å². The van der Waals surface area contributed by atoms with Crippen LogP contribution >= 0.6 is 0 Å². The highest BCUT2D eigenvalue weighted by Crippen LogP contribution is 2.49. The number of carbonyl (C=O) groups is 1. The monoisotopic (exact) mass is 340 g/mol. The Bertz CT molecular complexity index is 404. The van der Waals surface area contributed by atoms with Crippen LogP contribution < -0.4 is 5.32 Å². The van der Waals surface area contributed by atoms with E-state index in [2.05, 4.69) is 12.2 Å². The van der Waals surface area contributed by atoms with Crippen molar-refractivity contribution in [2.45, 2.75) is 47.0 Å². The molecule has 1 fully saturated rings. The van der Waals surface area contributed by atoms with Crippen molar-refractivity contribution < 1.29 is 9.53 Å². The molecule has 0 unspecified atom stereocenters. The number of likely N-dealkylation sites (N-methyl/N-ethyl adjacent to an activating group) is 2. The van der Waals surface area contributed by atoms with E-state index >= 15 is 0 Å². The summed E-state index contributed by atoms with van der Waals surface area (Å²) in [5.41, 5.74) is 0.319. The van der Waals surface area contributed by atoms with Crippen LogP contribution in [0.1, 0.15) is 47.0 Å². The van der Waals surface area contributed by atoms with Crippen molar-refractivity contribution in [3.8, 4) is 0 Å². The fourth-order valence-corrected chi connectivity index (χ4v) is 2.76. The van der Waals surface area contributed by atoms with Gasteiger partial charge in [0.25, 0.3) is 0 Å². The predicted molar refractivity (Wildman–Crippen MR) is 99.3 cm³/mol. The number of amides is 1. The fourth-order valence-electron chi connectivity index (χ4n) is 2.76. The van der Waals surface area contributed by atoms with E-state index in [4.69, 9.17) is 9.73 Å². The molecule has 0 heterocycles. The Balaban J connectivity index is 2.59. The molecule has 1 amide bonds. The van der Waals surface area contributed by atoms with Crippen LogP contribution in [0.2, 0.25) is 0 Å². The summed E-state index contributed by atoms with van der Waals surface area (Å²) in [5, 5.41) is 3.30. The molecule has 0 saturated heterocycles. The average Bonchev–Trinajstić information content (AvgIpc) is 3.33. The highest BCUT2D eigenvalue weighted by molar-refractivity contribution is 5.86. The molecule has 0 aromatic carbocycles. The molecule has 0 aromatic rings. The molecule has 1 rings (SSSR count). The maximum absolute atomic E-state index is 12.3. The highest BCUT2D eigenvalue weighted by atomic mass is 16.5. The number of rotatable bonds is 11. The van der Waals surface area contributed by atoms with Crippen molar-refractivity contribution in [3.05, 3.63) is 0 Å². The van der Waals surface area contributed by atoms with E-state index in [1.165, 1.54) is 12.8 Å². The van der Waals surface area contributed by atoms with E-state index in [0.717, 1.165) is 51.8 Å². The summed E-state index contributed by atoms with van der Waals surface area (Å²) in [6, 6.07) is 0. The first-order chi connectivity index (χ1) is 11.5. The molecule has 1 N–H and O–H groups in total. The smallest absolute Gasteiger partial charge is 0.242 e. The number of hydrogen-bond donors (Lipinski definition) is 1. The molecule has 0 bridgehead atoms. The third kappa shape index (κ3) is 6.67. The van der Waals surface area contributed by atoms with Crippen LogP contribution in [0.25, 0.3) is 0 Å². The SMILES string of the molecule is CCNC(=NCC1(CCOCC)CC1)N(C)CC(=O)N(CC)CC. The van der Waals surface area contributed by atoms with E-state index in [1.807, 2.05) is 37.6 Å². The summed E-state index contributed by atoms with van der Waals surface area (Å²) in [5.74, 6) is 0.964. The van der Waals surface area contributed by atoms with Crippen molar-refractivity contribution in [1.29, 1.82) is 0 Å². The molecular formula is C18H36N4O2. The normalized spacial score (nSPS) is 16.0. The first-order valence-corrected chi connectivity index (χ1v) is 9.36. The van der Waals surface area contributed by atoms with Crippen molar-refractivity contribution in [1.82, 2.24) is 15.1 Å². The van der Waals surface area contributed by atoms with Crippen LogP contribution in [0.4, 0.5) is 0 Å². The molecule has 1 aliphatic rings. The number of guanidine groups is 1. The molecule has 0 aliphatic heterocycles. The lowest BCUT2D eigenvalue weighted by Gasteiger charge is -2.26. The minimum atomic E-state index is 0.144. The maximum atomic E-state index is 12.3. The zero-order chi connectivity index (χ0) is 18.0. The Morgan fingerprint density at radius 1 is 1.21 bits per heavy atom. The quantitative estimate of drug-likeness (QED) is 0.355. The van der Waals surface area contributed by atoms with Crippen molar-refractivity contribution in [3.63, 3.8) is 0 Å². The van der Waals surface area contributed by atoms with Crippen LogP contribution in [0.15, 0.2) is 4.99 Å². The van der Waals surface area contributed by atoms with Gasteiger partial charge < -0.3 is 19.9 Å². The second-order valence-electron chi connectivity index (χ2n) is 6.54. The maximum Gasteiger partial charge on any atom is 0.242 e. The van der Waals surface area contributed by atoms with Crippen LogP contribution in [-0.4, -0.2) is 74.7 Å². The fraction of sp³-hybridized carbons (Fsp3) is 0.889. The molecule has 24 heavy (non-hydrogen) atoms. The van der Waals surface area contributed by atoms with E-state index < -0.39 is 0 Å². The van der Waals surface area contributed by atoms with Gasteiger partial charge in [-0.15, -0.1) is 0 Å². The Morgan fingerprint density at radius 3 is 2.38 bits per heavy atom. The Hall–Kier alpha value is -1.30.